The average Bonchev–Trinajstić information content (AvgIpc) is 3.16. The number of hydrogen-bond acceptors (Lipinski definition) is 9. The van der Waals surface area contributed by atoms with Gasteiger partial charge < -0.3 is 15.0 Å². The van der Waals surface area contributed by atoms with Crippen molar-refractivity contribution >= 4 is 45.1 Å². The van der Waals surface area contributed by atoms with E-state index < -0.39 is 0 Å². The van der Waals surface area contributed by atoms with Crippen LogP contribution in [0.3, 0.4) is 0 Å². The van der Waals surface area contributed by atoms with Crippen molar-refractivity contribution in [1.82, 2.24) is 19.8 Å². The fourth-order valence-corrected chi connectivity index (χ4v) is 5.70. The van der Waals surface area contributed by atoms with E-state index in [2.05, 4.69) is 34.3 Å². The summed E-state index contributed by atoms with van der Waals surface area (Å²) in [6.45, 7) is 10.3. The first kappa shape index (κ1) is 23.9. The number of aromatic nitrogens is 2. The lowest BCUT2D eigenvalue weighted by Crippen LogP contribution is -2.45. The van der Waals surface area contributed by atoms with Gasteiger partial charge in [-0.15, -0.1) is 23.1 Å². The highest BCUT2D eigenvalue weighted by atomic mass is 32.2. The molecule has 9 heteroatoms. The summed E-state index contributed by atoms with van der Waals surface area (Å²) >= 11 is 3.10. The molecule has 33 heavy (non-hydrogen) atoms. The zero-order chi connectivity index (χ0) is 23.2. The molecule has 0 bridgehead atoms. The largest absolute Gasteiger partial charge is 0.462 e. The molecule has 1 N–H and O–H groups in total. The van der Waals surface area contributed by atoms with E-state index in [0.717, 1.165) is 66.7 Å². The van der Waals surface area contributed by atoms with Gasteiger partial charge in [0.1, 0.15) is 21.3 Å². The Balaban J connectivity index is 1.56. The lowest BCUT2D eigenvalue weighted by Gasteiger charge is -2.32. The van der Waals surface area contributed by atoms with Crippen LogP contribution in [0.4, 0.5) is 5.82 Å². The molecule has 0 unspecified atom stereocenters. The second kappa shape index (κ2) is 11.3. The number of ether oxygens (including phenoxy) is 1. The van der Waals surface area contributed by atoms with Gasteiger partial charge in [-0.2, -0.15) is 0 Å². The number of esters is 1. The molecule has 1 saturated heterocycles. The van der Waals surface area contributed by atoms with E-state index in [0.29, 0.717) is 17.2 Å². The van der Waals surface area contributed by atoms with Gasteiger partial charge in [-0.05, 0) is 38.6 Å². The predicted molar refractivity (Wildman–Crippen MR) is 137 cm³/mol. The summed E-state index contributed by atoms with van der Waals surface area (Å²) in [5, 5.41) is 4.47. The number of fused-ring (bicyclic) bond motifs is 1. The third-order valence-electron chi connectivity index (χ3n) is 5.72. The number of aryl methyl sites for hydroxylation is 1. The molecule has 7 nitrogen and oxygen atoms in total. The zero-order valence-corrected chi connectivity index (χ0v) is 21.1. The zero-order valence-electron chi connectivity index (χ0n) is 19.5. The number of carbonyl (C=O) groups excluding carboxylic acids is 1. The summed E-state index contributed by atoms with van der Waals surface area (Å²) < 4.78 is 5.27. The molecule has 0 radical (unpaired) electrons. The molecular formula is C24H31N5O2S2. The third kappa shape index (κ3) is 6.03. The Morgan fingerprint density at radius 3 is 2.67 bits per heavy atom. The van der Waals surface area contributed by atoms with Gasteiger partial charge in [-0.25, -0.2) is 14.8 Å². The molecule has 176 valence electrons. The summed E-state index contributed by atoms with van der Waals surface area (Å²) in [5.41, 5.74) is 0.887. The quantitative estimate of drug-likeness (QED) is 0.358. The molecule has 0 spiro atoms. The number of nitrogens with one attached hydrogen (secondary N) is 1. The molecule has 3 heterocycles. The Hall–Kier alpha value is -2.20. The van der Waals surface area contributed by atoms with Crippen molar-refractivity contribution in [2.24, 2.45) is 0 Å². The lowest BCUT2D eigenvalue weighted by molar-refractivity contribution is 0.0531. The molecule has 0 amide bonds. The smallest absolute Gasteiger partial charge is 0.348 e. The summed E-state index contributed by atoms with van der Waals surface area (Å²) in [4.78, 5) is 29.6. The van der Waals surface area contributed by atoms with Crippen LogP contribution < -0.4 is 5.32 Å². The first-order valence-corrected chi connectivity index (χ1v) is 13.1. The Labute approximate surface area is 203 Å². The molecule has 2 aromatic heterocycles. The summed E-state index contributed by atoms with van der Waals surface area (Å²) in [6.07, 6.45) is 0. The number of rotatable bonds is 9. The monoisotopic (exact) mass is 485 g/mol. The van der Waals surface area contributed by atoms with Gasteiger partial charge in [-0.3, -0.25) is 4.90 Å². The van der Waals surface area contributed by atoms with E-state index >= 15 is 0 Å². The Morgan fingerprint density at radius 1 is 1.18 bits per heavy atom. The van der Waals surface area contributed by atoms with E-state index in [4.69, 9.17) is 14.7 Å². The number of hydrogen-bond donors (Lipinski definition) is 1. The number of likely N-dealkylation sites (N-methyl/N-ethyl adjacent to an activating group) is 1. The maximum absolute atomic E-state index is 12.5. The van der Waals surface area contributed by atoms with Crippen molar-refractivity contribution in [1.29, 1.82) is 0 Å². The third-order valence-corrected chi connectivity index (χ3v) is 7.90. The number of nitrogens with zero attached hydrogens (tertiary/aromatic N) is 4. The fourth-order valence-electron chi connectivity index (χ4n) is 3.84. The standard InChI is InChI=1S/C24H31N5O2S2/c1-4-31-24(30)21-17(2)20-22(25-10-11-29-14-12-28(3)13-15-29)26-19(27-23(20)33-21)16-32-18-8-6-5-7-9-18/h5-9H,4,10-16H2,1-3H3,(H,25,26,27). The Bertz CT molecular complexity index is 1080. The molecule has 0 aliphatic carbocycles. The van der Waals surface area contributed by atoms with Gasteiger partial charge >= 0.3 is 5.97 Å². The second-order valence-corrected chi connectivity index (χ2v) is 10.2. The Morgan fingerprint density at radius 2 is 1.94 bits per heavy atom. The second-order valence-electron chi connectivity index (χ2n) is 8.12. The molecule has 0 saturated carbocycles. The van der Waals surface area contributed by atoms with E-state index in [1.807, 2.05) is 32.0 Å². The van der Waals surface area contributed by atoms with E-state index in [1.54, 1.807) is 11.8 Å². The van der Waals surface area contributed by atoms with Crippen LogP contribution in [0.15, 0.2) is 35.2 Å². The van der Waals surface area contributed by atoms with Crippen molar-refractivity contribution < 1.29 is 9.53 Å². The van der Waals surface area contributed by atoms with E-state index in [-0.39, 0.29) is 5.97 Å². The van der Waals surface area contributed by atoms with Crippen molar-refractivity contribution in [2.75, 3.05) is 58.2 Å². The lowest BCUT2D eigenvalue weighted by atomic mass is 10.2. The first-order valence-electron chi connectivity index (χ1n) is 11.3. The molecule has 1 aromatic carbocycles. The van der Waals surface area contributed by atoms with Crippen molar-refractivity contribution in [3.05, 3.63) is 46.6 Å². The number of benzene rings is 1. The minimum absolute atomic E-state index is 0.290. The fraction of sp³-hybridized carbons (Fsp3) is 0.458. The van der Waals surface area contributed by atoms with Gasteiger partial charge in [0, 0.05) is 44.2 Å². The number of thioether (sulfide) groups is 1. The van der Waals surface area contributed by atoms with Crippen LogP contribution >= 0.6 is 23.1 Å². The minimum atomic E-state index is -0.290. The predicted octanol–water partition coefficient (Wildman–Crippen LogP) is 4.13. The molecule has 1 aliphatic heterocycles. The highest BCUT2D eigenvalue weighted by Gasteiger charge is 2.22. The van der Waals surface area contributed by atoms with Crippen molar-refractivity contribution in [2.45, 2.75) is 24.5 Å². The normalized spacial score (nSPS) is 15.1. The Kier molecular flexibility index (Phi) is 8.19. The van der Waals surface area contributed by atoms with Gasteiger partial charge in [0.05, 0.1) is 17.7 Å². The number of anilines is 1. The number of carbonyl (C=O) groups is 1. The first-order chi connectivity index (χ1) is 16.0. The van der Waals surface area contributed by atoms with Crippen LogP contribution in [0.2, 0.25) is 0 Å². The maximum Gasteiger partial charge on any atom is 0.348 e. The van der Waals surface area contributed by atoms with Crippen LogP contribution in [-0.2, 0) is 10.5 Å². The van der Waals surface area contributed by atoms with Gasteiger partial charge in [-0.1, -0.05) is 18.2 Å². The summed E-state index contributed by atoms with van der Waals surface area (Å²) in [5.74, 6) is 1.94. The SMILES string of the molecule is CCOC(=O)c1sc2nc(CSc3ccccc3)nc(NCCN3CCN(C)CC3)c2c1C. The summed E-state index contributed by atoms with van der Waals surface area (Å²) in [6, 6.07) is 10.3. The maximum atomic E-state index is 12.5. The molecule has 3 aromatic rings. The molecule has 0 atom stereocenters. The highest BCUT2D eigenvalue weighted by Crippen LogP contribution is 2.35. The average molecular weight is 486 g/mol. The molecule has 4 rings (SSSR count). The van der Waals surface area contributed by atoms with Crippen LogP contribution in [0.5, 0.6) is 0 Å². The van der Waals surface area contributed by atoms with Crippen LogP contribution in [0.1, 0.15) is 28.0 Å². The van der Waals surface area contributed by atoms with Gasteiger partial charge in [0.25, 0.3) is 0 Å². The molecular weight excluding hydrogens is 454 g/mol. The van der Waals surface area contributed by atoms with Gasteiger partial charge in [0.15, 0.2) is 0 Å². The van der Waals surface area contributed by atoms with Crippen LogP contribution in [-0.4, -0.2) is 78.7 Å². The summed E-state index contributed by atoms with van der Waals surface area (Å²) in [7, 11) is 2.17. The molecule has 1 fully saturated rings. The number of thiophene rings is 1. The van der Waals surface area contributed by atoms with Crippen LogP contribution in [0, 0.1) is 6.92 Å². The minimum Gasteiger partial charge on any atom is -0.462 e. The van der Waals surface area contributed by atoms with Crippen molar-refractivity contribution in [3.8, 4) is 0 Å². The van der Waals surface area contributed by atoms with Gasteiger partial charge in [0.2, 0.25) is 0 Å². The topological polar surface area (TPSA) is 70.6 Å². The van der Waals surface area contributed by atoms with E-state index in [9.17, 15) is 4.79 Å². The molecule has 1 aliphatic rings. The van der Waals surface area contributed by atoms with Crippen molar-refractivity contribution in [3.63, 3.8) is 0 Å². The van der Waals surface area contributed by atoms with E-state index in [1.165, 1.54) is 16.2 Å². The highest BCUT2D eigenvalue weighted by molar-refractivity contribution is 7.98. The number of piperazine rings is 1. The van der Waals surface area contributed by atoms with Crippen LogP contribution in [0.25, 0.3) is 10.2 Å².